The first kappa shape index (κ1) is 26.1. The Kier molecular flexibility index (Phi) is 7.43. The van der Waals surface area contributed by atoms with Gasteiger partial charge in [0.05, 0.1) is 36.4 Å². The van der Waals surface area contributed by atoms with E-state index in [0.717, 1.165) is 11.0 Å². The van der Waals surface area contributed by atoms with Crippen molar-refractivity contribution in [1.29, 1.82) is 0 Å². The summed E-state index contributed by atoms with van der Waals surface area (Å²) in [5.41, 5.74) is 0.273. The van der Waals surface area contributed by atoms with Crippen LogP contribution in [0.5, 0.6) is 0 Å². The molecule has 1 N–H and O–H groups in total. The van der Waals surface area contributed by atoms with Crippen molar-refractivity contribution in [2.24, 2.45) is 0 Å². The SMILES string of the molecule is CCOP(=O)(CC(=O)NCn1cc(CN2C(=O)c3cccc4cc([N+](=O)[O-])cc(c34)C2=O)nn1)OCC. The van der Waals surface area contributed by atoms with Gasteiger partial charge >= 0.3 is 7.60 Å². The van der Waals surface area contributed by atoms with Gasteiger partial charge in [-0.1, -0.05) is 17.3 Å². The van der Waals surface area contributed by atoms with Crippen LogP contribution < -0.4 is 5.32 Å². The summed E-state index contributed by atoms with van der Waals surface area (Å²) in [4.78, 5) is 50.2. The van der Waals surface area contributed by atoms with Crippen LogP contribution in [0.1, 0.15) is 40.3 Å². The number of benzene rings is 2. The predicted octanol–water partition coefficient (Wildman–Crippen LogP) is 2.48. The lowest BCUT2D eigenvalue weighted by Crippen LogP contribution is -2.39. The number of non-ortho nitro benzene ring substituents is 1. The second-order valence-electron chi connectivity index (χ2n) is 7.96. The summed E-state index contributed by atoms with van der Waals surface area (Å²) in [7, 11) is -3.57. The van der Waals surface area contributed by atoms with Crippen molar-refractivity contribution in [3.8, 4) is 0 Å². The maximum absolute atomic E-state index is 13.2. The molecule has 0 spiro atoms. The molecular weight excluding hydrogens is 507 g/mol. The van der Waals surface area contributed by atoms with E-state index in [0.29, 0.717) is 10.8 Å². The van der Waals surface area contributed by atoms with Gasteiger partial charge in [0, 0.05) is 23.1 Å². The molecule has 1 aliphatic heterocycles. The monoisotopic (exact) mass is 530 g/mol. The Hall–Kier alpha value is -4.00. The third-order valence-electron chi connectivity index (χ3n) is 5.46. The van der Waals surface area contributed by atoms with Crippen LogP contribution in [0.2, 0.25) is 0 Å². The Morgan fingerprint density at radius 2 is 1.84 bits per heavy atom. The first-order valence-corrected chi connectivity index (χ1v) is 13.0. The number of amides is 3. The first-order chi connectivity index (χ1) is 17.7. The molecule has 0 saturated heterocycles. The molecule has 14 nitrogen and oxygen atoms in total. The van der Waals surface area contributed by atoms with Crippen LogP contribution in [0.3, 0.4) is 0 Å². The number of carbonyl (C=O) groups excluding carboxylic acids is 3. The highest BCUT2D eigenvalue weighted by molar-refractivity contribution is 7.54. The molecule has 0 fully saturated rings. The van der Waals surface area contributed by atoms with E-state index in [9.17, 15) is 29.1 Å². The number of nitrogens with zero attached hydrogens (tertiary/aromatic N) is 5. The maximum Gasteiger partial charge on any atom is 0.340 e. The summed E-state index contributed by atoms with van der Waals surface area (Å²) in [6.07, 6.45) is 0.958. The molecule has 0 saturated carbocycles. The van der Waals surface area contributed by atoms with E-state index < -0.39 is 36.4 Å². The lowest BCUT2D eigenvalue weighted by molar-refractivity contribution is -0.384. The molecule has 15 heteroatoms. The van der Waals surface area contributed by atoms with Gasteiger partial charge in [0.1, 0.15) is 18.5 Å². The van der Waals surface area contributed by atoms with Crippen molar-refractivity contribution in [1.82, 2.24) is 25.2 Å². The number of aromatic nitrogens is 3. The molecule has 0 bridgehead atoms. The van der Waals surface area contributed by atoms with E-state index in [1.165, 1.54) is 16.9 Å². The number of hydrogen-bond acceptors (Lipinski definition) is 10. The maximum atomic E-state index is 13.2. The van der Waals surface area contributed by atoms with Crippen molar-refractivity contribution >= 4 is 41.8 Å². The van der Waals surface area contributed by atoms with Crippen LogP contribution >= 0.6 is 7.60 Å². The molecule has 37 heavy (non-hydrogen) atoms. The third-order valence-corrected chi connectivity index (χ3v) is 7.43. The van der Waals surface area contributed by atoms with E-state index >= 15 is 0 Å². The molecule has 0 radical (unpaired) electrons. The summed E-state index contributed by atoms with van der Waals surface area (Å²) in [6, 6.07) is 7.22. The summed E-state index contributed by atoms with van der Waals surface area (Å²) >= 11 is 0. The highest BCUT2D eigenvalue weighted by Crippen LogP contribution is 2.47. The number of imide groups is 1. The fourth-order valence-electron chi connectivity index (χ4n) is 3.96. The van der Waals surface area contributed by atoms with E-state index in [2.05, 4.69) is 15.6 Å². The zero-order valence-corrected chi connectivity index (χ0v) is 20.8. The topological polar surface area (TPSA) is 176 Å². The number of nitro benzene ring substituents is 1. The molecule has 0 atom stereocenters. The summed E-state index contributed by atoms with van der Waals surface area (Å²) in [6.45, 7) is 3.15. The van der Waals surface area contributed by atoms with Gasteiger partial charge in [-0.15, -0.1) is 5.10 Å². The second kappa shape index (κ2) is 10.5. The summed E-state index contributed by atoms with van der Waals surface area (Å²) in [5.74, 6) is -1.85. The van der Waals surface area contributed by atoms with Crippen molar-refractivity contribution in [2.45, 2.75) is 27.1 Å². The highest BCUT2D eigenvalue weighted by Gasteiger charge is 2.35. The fourth-order valence-corrected chi connectivity index (χ4v) is 5.47. The average Bonchev–Trinajstić information content (AvgIpc) is 3.31. The quantitative estimate of drug-likeness (QED) is 0.168. The molecule has 3 amide bonds. The van der Waals surface area contributed by atoms with E-state index in [1.807, 2.05) is 0 Å². The van der Waals surface area contributed by atoms with Crippen molar-refractivity contribution in [3.63, 3.8) is 0 Å². The minimum Gasteiger partial charge on any atom is -0.336 e. The van der Waals surface area contributed by atoms with Crippen molar-refractivity contribution < 1.29 is 32.9 Å². The minimum atomic E-state index is -3.57. The Morgan fingerprint density at radius 3 is 2.51 bits per heavy atom. The van der Waals surface area contributed by atoms with Crippen LogP contribution in [-0.4, -0.2) is 61.9 Å². The summed E-state index contributed by atoms with van der Waals surface area (Å²) in [5, 5.41) is 22.5. The molecule has 194 valence electrons. The van der Waals surface area contributed by atoms with Crippen LogP contribution in [-0.2, 0) is 31.6 Å². The second-order valence-corrected chi connectivity index (χ2v) is 10.0. The van der Waals surface area contributed by atoms with Crippen molar-refractivity contribution in [3.05, 3.63) is 63.5 Å². The van der Waals surface area contributed by atoms with E-state index in [4.69, 9.17) is 9.05 Å². The van der Waals surface area contributed by atoms with E-state index in [-0.39, 0.29) is 48.9 Å². The third kappa shape index (κ3) is 5.40. The molecule has 1 aromatic heterocycles. The number of carbonyl (C=O) groups is 3. The molecule has 0 unspecified atom stereocenters. The molecule has 4 rings (SSSR count). The average molecular weight is 530 g/mol. The molecule has 0 aliphatic carbocycles. The van der Waals surface area contributed by atoms with Gasteiger partial charge in [-0.25, -0.2) is 4.68 Å². The number of nitro groups is 1. The van der Waals surface area contributed by atoms with Gasteiger partial charge in [0.15, 0.2) is 0 Å². The Morgan fingerprint density at radius 1 is 1.14 bits per heavy atom. The fraction of sp³-hybridized carbons (Fsp3) is 0.318. The van der Waals surface area contributed by atoms with Gasteiger partial charge in [-0.2, -0.15) is 0 Å². The standard InChI is InChI=1S/C22H23N6O8P/c1-3-35-37(34,36-4-2)12-19(29)23-13-26-10-15(24-25-26)11-27-21(30)17-7-5-6-14-8-16(28(32)33)9-18(20(14)17)22(27)31/h5-10H,3-4,11-13H2,1-2H3,(H,23,29). The normalized spacial score (nSPS) is 13.3. The molecular formula is C22H23N6O8P. The molecule has 3 aromatic rings. The Bertz CT molecular complexity index is 1440. The van der Waals surface area contributed by atoms with Crippen LogP contribution in [0.15, 0.2) is 36.5 Å². The van der Waals surface area contributed by atoms with Crippen LogP contribution in [0, 0.1) is 10.1 Å². The van der Waals surface area contributed by atoms with Gasteiger partial charge in [0.2, 0.25) is 5.91 Å². The lowest BCUT2D eigenvalue weighted by atomic mass is 9.93. The molecule has 2 aromatic carbocycles. The number of rotatable bonds is 11. The first-order valence-electron chi connectivity index (χ1n) is 11.3. The van der Waals surface area contributed by atoms with Crippen LogP contribution in [0.4, 0.5) is 5.69 Å². The van der Waals surface area contributed by atoms with Gasteiger partial charge in [-0.3, -0.25) is 34.0 Å². The number of nitrogens with one attached hydrogen (secondary N) is 1. The summed E-state index contributed by atoms with van der Waals surface area (Å²) < 4.78 is 23.9. The minimum absolute atomic E-state index is 0.0482. The predicted molar refractivity (Wildman–Crippen MR) is 129 cm³/mol. The zero-order chi connectivity index (χ0) is 26.7. The number of hydrogen-bond donors (Lipinski definition) is 1. The molecule has 1 aliphatic rings. The van der Waals surface area contributed by atoms with Crippen molar-refractivity contribution in [2.75, 3.05) is 19.4 Å². The van der Waals surface area contributed by atoms with Crippen LogP contribution in [0.25, 0.3) is 10.8 Å². The smallest absolute Gasteiger partial charge is 0.336 e. The van der Waals surface area contributed by atoms with Gasteiger partial charge in [-0.05, 0) is 25.3 Å². The van der Waals surface area contributed by atoms with Gasteiger partial charge < -0.3 is 14.4 Å². The Labute approximate surface area is 210 Å². The van der Waals surface area contributed by atoms with Gasteiger partial charge in [0.25, 0.3) is 17.5 Å². The molecule has 2 heterocycles. The lowest BCUT2D eigenvalue weighted by Gasteiger charge is -2.26. The Balaban J connectivity index is 1.47. The van der Waals surface area contributed by atoms with E-state index in [1.54, 1.807) is 32.0 Å². The largest absolute Gasteiger partial charge is 0.340 e. The zero-order valence-electron chi connectivity index (χ0n) is 19.9. The highest BCUT2D eigenvalue weighted by atomic mass is 31.2.